The van der Waals surface area contributed by atoms with Crippen molar-refractivity contribution in [2.24, 2.45) is 0 Å². The first-order chi connectivity index (χ1) is 13.6. The highest BCUT2D eigenvalue weighted by Crippen LogP contribution is 2.36. The highest BCUT2D eigenvalue weighted by molar-refractivity contribution is 7.10. The molecule has 0 unspecified atom stereocenters. The topological polar surface area (TPSA) is 68.7 Å². The second kappa shape index (κ2) is 7.82. The number of hydrogen-bond acceptors (Lipinski definition) is 6. The number of carbonyl (C=O) groups is 2. The van der Waals surface area contributed by atoms with E-state index < -0.39 is 5.97 Å². The first-order valence-electron chi connectivity index (χ1n) is 8.77. The smallest absolute Gasteiger partial charge is 0.325 e. The average molecular weight is 394 g/mol. The quantitative estimate of drug-likeness (QED) is 0.621. The molecule has 3 aromatic rings. The highest BCUT2D eigenvalue weighted by Gasteiger charge is 2.28. The van der Waals surface area contributed by atoms with Crippen LogP contribution in [0.2, 0.25) is 0 Å². The molecule has 1 aliphatic heterocycles. The van der Waals surface area contributed by atoms with Gasteiger partial charge in [0.15, 0.2) is 6.61 Å². The van der Waals surface area contributed by atoms with Gasteiger partial charge in [-0.3, -0.25) is 14.5 Å². The maximum absolute atomic E-state index is 12.2. The molecule has 1 amide bonds. The number of esters is 1. The van der Waals surface area contributed by atoms with Crippen LogP contribution in [0.1, 0.15) is 10.6 Å². The minimum Gasteiger partial charge on any atom is -0.482 e. The summed E-state index contributed by atoms with van der Waals surface area (Å²) < 4.78 is 10.2. The van der Waals surface area contributed by atoms with E-state index in [0.717, 1.165) is 22.7 Å². The van der Waals surface area contributed by atoms with Gasteiger partial charge in [-0.2, -0.15) is 0 Å². The van der Waals surface area contributed by atoms with Crippen LogP contribution in [0.3, 0.4) is 0 Å². The largest absolute Gasteiger partial charge is 0.482 e. The predicted octanol–water partition coefficient (Wildman–Crippen LogP) is 3.30. The molecule has 28 heavy (non-hydrogen) atoms. The summed E-state index contributed by atoms with van der Waals surface area (Å²) in [5.74, 6) is -0.199. The maximum Gasteiger partial charge on any atom is 0.325 e. The lowest BCUT2D eigenvalue weighted by Gasteiger charge is -2.28. The third-order valence-corrected chi connectivity index (χ3v) is 5.31. The number of nitrogens with zero attached hydrogens (tertiary/aromatic N) is 2. The zero-order chi connectivity index (χ0) is 19.5. The van der Waals surface area contributed by atoms with Gasteiger partial charge in [0, 0.05) is 17.4 Å². The molecule has 0 aliphatic carbocycles. The molecule has 0 spiro atoms. The number of benzene rings is 2. The van der Waals surface area contributed by atoms with Crippen LogP contribution in [0.15, 0.2) is 53.9 Å². The van der Waals surface area contributed by atoms with Gasteiger partial charge in [0.1, 0.15) is 12.3 Å². The van der Waals surface area contributed by atoms with E-state index in [2.05, 4.69) is 12.1 Å². The fourth-order valence-electron chi connectivity index (χ4n) is 3.02. The Morgan fingerprint density at radius 3 is 2.86 bits per heavy atom. The molecule has 1 aliphatic rings. The van der Waals surface area contributed by atoms with Crippen molar-refractivity contribution in [1.29, 1.82) is 0 Å². The van der Waals surface area contributed by atoms with Gasteiger partial charge in [0.25, 0.3) is 5.91 Å². The number of amides is 1. The molecule has 142 valence electrons. The number of fused-ring (bicyclic) bond motifs is 1. The fraction of sp³-hybridized carbons (Fsp3) is 0.190. The molecule has 0 atom stereocenters. The van der Waals surface area contributed by atoms with E-state index >= 15 is 0 Å². The summed E-state index contributed by atoms with van der Waals surface area (Å²) in [7, 11) is 1.30. The zero-order valence-electron chi connectivity index (χ0n) is 15.3. The normalized spacial score (nSPS) is 13.0. The van der Waals surface area contributed by atoms with Crippen molar-refractivity contribution < 1.29 is 19.1 Å². The SMILES string of the molecule is COC(=O)CN1C(=O)COc2ccc(-c3csc(Cc4ccccc4)n3)cc21. The first kappa shape index (κ1) is 18.2. The second-order valence-corrected chi connectivity index (χ2v) is 7.26. The van der Waals surface area contributed by atoms with Crippen molar-refractivity contribution in [3.8, 4) is 17.0 Å². The summed E-state index contributed by atoms with van der Waals surface area (Å²) in [4.78, 5) is 30.1. The molecular weight excluding hydrogens is 376 g/mol. The molecule has 0 bridgehead atoms. The summed E-state index contributed by atoms with van der Waals surface area (Å²) in [5.41, 5.74) is 3.45. The lowest BCUT2D eigenvalue weighted by Crippen LogP contribution is -2.42. The number of anilines is 1. The van der Waals surface area contributed by atoms with Crippen LogP contribution >= 0.6 is 11.3 Å². The van der Waals surface area contributed by atoms with Crippen molar-refractivity contribution in [2.45, 2.75) is 6.42 Å². The second-order valence-electron chi connectivity index (χ2n) is 6.32. The number of ether oxygens (including phenoxy) is 2. The Labute approximate surface area is 166 Å². The zero-order valence-corrected chi connectivity index (χ0v) is 16.1. The average Bonchev–Trinajstić information content (AvgIpc) is 3.19. The molecule has 6 nitrogen and oxygen atoms in total. The molecular formula is C21H18N2O4S. The van der Waals surface area contributed by atoms with Gasteiger partial charge in [-0.15, -0.1) is 11.3 Å². The number of aromatic nitrogens is 1. The van der Waals surface area contributed by atoms with Gasteiger partial charge in [-0.1, -0.05) is 30.3 Å². The number of thiazole rings is 1. The minimum atomic E-state index is -0.481. The molecule has 0 fully saturated rings. The van der Waals surface area contributed by atoms with E-state index in [9.17, 15) is 9.59 Å². The summed E-state index contributed by atoms with van der Waals surface area (Å²) in [6.45, 7) is -0.243. The van der Waals surface area contributed by atoms with Crippen molar-refractivity contribution in [2.75, 3.05) is 25.2 Å². The molecule has 2 heterocycles. The van der Waals surface area contributed by atoms with E-state index in [1.165, 1.54) is 17.6 Å². The van der Waals surface area contributed by atoms with Gasteiger partial charge in [0.2, 0.25) is 0 Å². The number of carbonyl (C=O) groups excluding carboxylic acids is 2. The van der Waals surface area contributed by atoms with Crippen molar-refractivity contribution >= 4 is 28.9 Å². The molecule has 0 N–H and O–H groups in total. The van der Waals surface area contributed by atoms with Gasteiger partial charge in [-0.05, 0) is 23.8 Å². The predicted molar refractivity (Wildman–Crippen MR) is 107 cm³/mol. The van der Waals surface area contributed by atoms with Crippen LogP contribution in [0.4, 0.5) is 5.69 Å². The Balaban J connectivity index is 1.61. The van der Waals surface area contributed by atoms with E-state index in [1.54, 1.807) is 17.4 Å². The number of methoxy groups -OCH3 is 1. The highest BCUT2D eigenvalue weighted by atomic mass is 32.1. The van der Waals surface area contributed by atoms with Crippen molar-refractivity contribution in [3.63, 3.8) is 0 Å². The van der Waals surface area contributed by atoms with Crippen molar-refractivity contribution in [1.82, 2.24) is 4.98 Å². The monoisotopic (exact) mass is 394 g/mol. The summed E-state index contributed by atoms with van der Waals surface area (Å²) in [6, 6.07) is 15.7. The van der Waals surface area contributed by atoms with E-state index in [4.69, 9.17) is 14.5 Å². The van der Waals surface area contributed by atoms with Crippen LogP contribution in [-0.2, 0) is 20.7 Å². The van der Waals surface area contributed by atoms with E-state index in [-0.39, 0.29) is 19.1 Å². The third kappa shape index (κ3) is 3.75. The Bertz CT molecular complexity index is 1020. The molecule has 0 saturated heterocycles. The van der Waals surface area contributed by atoms with E-state index in [1.807, 2.05) is 35.7 Å². The standard InChI is InChI=1S/C21H18N2O4S/c1-26-21(25)11-23-17-10-15(7-8-18(17)27-12-20(23)24)16-13-28-19(22-16)9-14-5-3-2-4-6-14/h2-8,10,13H,9,11-12H2,1H3. The minimum absolute atomic E-state index is 0.0960. The van der Waals surface area contributed by atoms with E-state index in [0.29, 0.717) is 11.4 Å². The maximum atomic E-state index is 12.2. The van der Waals surface area contributed by atoms with Crippen LogP contribution in [-0.4, -0.2) is 37.1 Å². The van der Waals surface area contributed by atoms with Gasteiger partial charge >= 0.3 is 5.97 Å². The summed E-state index contributed by atoms with van der Waals surface area (Å²) >= 11 is 1.60. The van der Waals surface area contributed by atoms with Crippen LogP contribution in [0, 0.1) is 0 Å². The lowest BCUT2D eigenvalue weighted by atomic mass is 10.1. The number of hydrogen-bond donors (Lipinski definition) is 0. The lowest BCUT2D eigenvalue weighted by molar-refractivity contribution is -0.140. The van der Waals surface area contributed by atoms with Gasteiger partial charge in [0.05, 0.1) is 23.5 Å². The summed E-state index contributed by atoms with van der Waals surface area (Å²) in [6.07, 6.45) is 0.770. The molecule has 7 heteroatoms. The van der Waals surface area contributed by atoms with Crippen LogP contribution < -0.4 is 9.64 Å². The fourth-order valence-corrected chi connectivity index (χ4v) is 3.86. The molecule has 2 aromatic carbocycles. The molecule has 1 aromatic heterocycles. The Morgan fingerprint density at radius 2 is 2.07 bits per heavy atom. The molecule has 0 radical (unpaired) electrons. The third-order valence-electron chi connectivity index (χ3n) is 4.46. The summed E-state index contributed by atoms with van der Waals surface area (Å²) in [5, 5.41) is 3.01. The Hall–Kier alpha value is -3.19. The van der Waals surface area contributed by atoms with Gasteiger partial charge in [-0.25, -0.2) is 4.98 Å². The van der Waals surface area contributed by atoms with Crippen LogP contribution in [0.5, 0.6) is 5.75 Å². The molecule has 4 rings (SSSR count). The van der Waals surface area contributed by atoms with Gasteiger partial charge < -0.3 is 9.47 Å². The number of rotatable bonds is 5. The Morgan fingerprint density at radius 1 is 1.25 bits per heavy atom. The first-order valence-corrected chi connectivity index (χ1v) is 9.65. The van der Waals surface area contributed by atoms with Crippen molar-refractivity contribution in [3.05, 3.63) is 64.5 Å². The van der Waals surface area contributed by atoms with Crippen LogP contribution in [0.25, 0.3) is 11.3 Å². The Kier molecular flexibility index (Phi) is 5.08. The molecule has 0 saturated carbocycles.